The van der Waals surface area contributed by atoms with Crippen LogP contribution in [0.2, 0.25) is 0 Å². The van der Waals surface area contributed by atoms with Gasteiger partial charge in [0.05, 0.1) is 0 Å². The van der Waals surface area contributed by atoms with Gasteiger partial charge in [0, 0.05) is 12.4 Å². The van der Waals surface area contributed by atoms with Crippen LogP contribution in [0.4, 0.5) is 17.3 Å². The van der Waals surface area contributed by atoms with Gasteiger partial charge in [0.2, 0.25) is 0 Å². The molecule has 0 atom stereocenters. The number of hydrogen-bond acceptors (Lipinski definition) is 3. The number of hydrogen-bond donors (Lipinski definition) is 0. The Kier molecular flexibility index (Phi) is 6.60. The fourth-order valence-electron chi connectivity index (χ4n) is 1.38. The van der Waals surface area contributed by atoms with E-state index in [0.29, 0.717) is 12.1 Å². The van der Waals surface area contributed by atoms with Crippen LogP contribution in [0.25, 0.3) is 0 Å². The summed E-state index contributed by atoms with van der Waals surface area (Å²) in [6, 6.07) is 3.63. The van der Waals surface area contributed by atoms with E-state index in [9.17, 15) is 17.3 Å². The molecule has 0 fully saturated rings. The smallest absolute Gasteiger partial charge is 0.483 e. The van der Waals surface area contributed by atoms with E-state index < -0.39 is 24.0 Å². The van der Waals surface area contributed by atoms with Crippen molar-refractivity contribution < 1.29 is 73.5 Å². The van der Waals surface area contributed by atoms with Gasteiger partial charge in [0.15, 0.2) is 17.4 Å². The fraction of sp³-hybridized carbons (Fsp3) is 0.0909. The van der Waals surface area contributed by atoms with E-state index >= 15 is 0 Å². The van der Waals surface area contributed by atoms with Gasteiger partial charge in [-0.2, -0.15) is 0 Å². The molecule has 0 aliphatic rings. The zero-order valence-corrected chi connectivity index (χ0v) is 13.7. The van der Waals surface area contributed by atoms with Crippen LogP contribution < -0.4 is 61.6 Å². The fourth-order valence-corrected chi connectivity index (χ4v) is 1.38. The average Bonchev–Trinajstić information content (AvgIpc) is 2.37. The minimum Gasteiger partial charge on any atom is -0.483 e. The molecule has 3 nitrogen and oxygen atoms in total. The minimum absolute atomic E-state index is 0. The number of halogens is 4. The van der Waals surface area contributed by atoms with Gasteiger partial charge in [-0.3, -0.25) is 0 Å². The van der Waals surface area contributed by atoms with Gasteiger partial charge in [-0.05, 0) is 18.2 Å². The molecule has 2 rings (SSSR count). The molecule has 0 spiro atoms. The van der Waals surface area contributed by atoms with Crippen molar-refractivity contribution in [1.82, 2.24) is 9.97 Å². The molecule has 0 saturated heterocycles. The van der Waals surface area contributed by atoms with Gasteiger partial charge >= 0.3 is 58.4 Å². The Morgan fingerprint density at radius 2 is 1.75 bits per heavy atom. The van der Waals surface area contributed by atoms with Crippen LogP contribution in [0.15, 0.2) is 36.7 Å². The Morgan fingerprint density at radius 1 is 1.10 bits per heavy atom. The molecule has 0 bridgehead atoms. The second kappa shape index (κ2) is 7.51. The molecule has 2 aromatic rings. The maximum atomic E-state index is 13.3. The maximum absolute atomic E-state index is 13.3. The minimum atomic E-state index is -5.19. The number of benzene rings is 1. The molecule has 1 aromatic heterocycles. The topological polar surface area (TPSA) is 35.0 Å². The quantitative estimate of drug-likeness (QED) is 0.551. The van der Waals surface area contributed by atoms with Crippen LogP contribution in [0.5, 0.6) is 5.75 Å². The molecule has 9 heteroatoms. The SMILES string of the molecule is Fc1ccc([B-](F)(F)F)cc1OCc1ncccn1.[K+]. The normalized spacial score (nSPS) is 10.8. The van der Waals surface area contributed by atoms with Gasteiger partial charge in [-0.1, -0.05) is 6.07 Å². The summed E-state index contributed by atoms with van der Waals surface area (Å²) in [6.07, 6.45) is 2.91. The Morgan fingerprint density at radius 3 is 2.35 bits per heavy atom. The first kappa shape index (κ1) is 17.6. The van der Waals surface area contributed by atoms with E-state index in [2.05, 4.69) is 9.97 Å². The largest absolute Gasteiger partial charge is 1.00 e. The second-order valence-corrected chi connectivity index (χ2v) is 3.72. The van der Waals surface area contributed by atoms with E-state index in [1.165, 1.54) is 12.4 Å². The first-order valence-corrected chi connectivity index (χ1v) is 5.35. The molecule has 0 saturated carbocycles. The number of ether oxygens (including phenoxy) is 1. The van der Waals surface area contributed by atoms with Crippen molar-refractivity contribution in [3.05, 3.63) is 48.3 Å². The molecule has 0 unspecified atom stereocenters. The third-order valence-electron chi connectivity index (χ3n) is 2.31. The summed E-state index contributed by atoms with van der Waals surface area (Å²) in [5.74, 6) is -1.08. The van der Waals surface area contributed by atoms with Gasteiger partial charge in [-0.25, -0.2) is 14.4 Å². The summed E-state index contributed by atoms with van der Waals surface area (Å²) in [5.41, 5.74) is -0.912. The predicted molar refractivity (Wildman–Crippen MR) is 61.5 cm³/mol. The van der Waals surface area contributed by atoms with Crippen molar-refractivity contribution in [1.29, 1.82) is 0 Å². The predicted octanol–water partition coefficient (Wildman–Crippen LogP) is -0.747. The van der Waals surface area contributed by atoms with Gasteiger partial charge < -0.3 is 17.7 Å². The van der Waals surface area contributed by atoms with Crippen molar-refractivity contribution in [2.24, 2.45) is 0 Å². The third kappa shape index (κ3) is 4.81. The molecule has 100 valence electrons. The molecule has 0 aliphatic carbocycles. The maximum Gasteiger partial charge on any atom is 1.00 e. The molecule has 0 N–H and O–H groups in total. The van der Waals surface area contributed by atoms with Crippen molar-refractivity contribution in [3.63, 3.8) is 0 Å². The molecule has 1 heterocycles. The second-order valence-electron chi connectivity index (χ2n) is 3.72. The van der Waals surface area contributed by atoms with Crippen LogP contribution in [0, 0.1) is 5.82 Å². The van der Waals surface area contributed by atoms with Crippen LogP contribution in [-0.4, -0.2) is 16.9 Å². The Balaban J connectivity index is 0.00000200. The van der Waals surface area contributed by atoms with Gasteiger partial charge in [0.1, 0.15) is 6.61 Å². The standard InChI is InChI=1S/C11H8BF4N2O.K/c13-9-3-2-8(12(14,15)16)6-10(9)19-7-11-17-4-1-5-18-11;/h1-6H,7H2;/q-1;+1. The molecule has 0 amide bonds. The summed E-state index contributed by atoms with van der Waals surface area (Å²) in [4.78, 5) is 7.64. The number of aromatic nitrogens is 2. The van der Waals surface area contributed by atoms with Gasteiger partial charge in [-0.15, -0.1) is 5.46 Å². The zero-order chi connectivity index (χ0) is 13.9. The van der Waals surface area contributed by atoms with E-state index in [0.717, 1.165) is 6.07 Å². The van der Waals surface area contributed by atoms with E-state index in [1.54, 1.807) is 6.07 Å². The first-order valence-electron chi connectivity index (χ1n) is 5.35. The average molecular weight is 310 g/mol. The zero-order valence-electron chi connectivity index (χ0n) is 10.6. The van der Waals surface area contributed by atoms with E-state index in [4.69, 9.17) is 4.74 Å². The molecule has 1 aromatic carbocycles. The van der Waals surface area contributed by atoms with Gasteiger partial charge in [0.25, 0.3) is 0 Å². The summed E-state index contributed by atoms with van der Waals surface area (Å²) in [7, 11) is 0. The summed E-state index contributed by atoms with van der Waals surface area (Å²) >= 11 is 0. The molecule has 0 radical (unpaired) electrons. The van der Waals surface area contributed by atoms with E-state index in [-0.39, 0.29) is 63.8 Å². The summed E-state index contributed by atoms with van der Waals surface area (Å²) in [5, 5.41) is 0. The van der Waals surface area contributed by atoms with E-state index in [1.807, 2.05) is 0 Å². The van der Waals surface area contributed by atoms with Crippen LogP contribution >= 0.6 is 0 Å². The van der Waals surface area contributed by atoms with Crippen LogP contribution in [-0.2, 0) is 6.61 Å². The molecular weight excluding hydrogens is 302 g/mol. The monoisotopic (exact) mass is 310 g/mol. The van der Waals surface area contributed by atoms with Crippen molar-refractivity contribution in [2.75, 3.05) is 0 Å². The van der Waals surface area contributed by atoms with Crippen molar-refractivity contribution in [3.8, 4) is 5.75 Å². The van der Waals surface area contributed by atoms with Crippen molar-refractivity contribution in [2.45, 2.75) is 6.61 Å². The van der Waals surface area contributed by atoms with Crippen LogP contribution in [0.3, 0.4) is 0 Å². The van der Waals surface area contributed by atoms with Crippen molar-refractivity contribution >= 4 is 12.4 Å². The Hall–Kier alpha value is -0.479. The molecule has 0 aliphatic heterocycles. The number of nitrogens with zero attached hydrogens (tertiary/aromatic N) is 2. The molecular formula is C11H8BF4KN2O. The summed E-state index contributed by atoms with van der Waals surface area (Å²) in [6.45, 7) is -5.39. The molecule has 20 heavy (non-hydrogen) atoms. The number of rotatable bonds is 4. The van der Waals surface area contributed by atoms with Crippen LogP contribution in [0.1, 0.15) is 5.82 Å². The Labute approximate surface area is 155 Å². The Bertz CT molecular complexity index is 568. The third-order valence-corrected chi connectivity index (χ3v) is 2.31. The first-order chi connectivity index (χ1) is 8.97. The summed E-state index contributed by atoms with van der Waals surface area (Å²) < 4.78 is 55.9.